The Balaban J connectivity index is 2.37. The van der Waals surface area contributed by atoms with Gasteiger partial charge in [-0.25, -0.2) is 12.8 Å². The normalized spacial score (nSPS) is 10.9. The minimum absolute atomic E-state index is 0.0305. The largest absolute Gasteiger partial charge is 0.264 e. The molecule has 0 fully saturated rings. The third-order valence-electron chi connectivity index (χ3n) is 1.99. The summed E-state index contributed by atoms with van der Waals surface area (Å²) in [7, 11) is -4.01. The lowest BCUT2D eigenvalue weighted by Crippen LogP contribution is -2.14. The molecule has 0 aromatic carbocycles. The van der Waals surface area contributed by atoms with Gasteiger partial charge in [-0.15, -0.1) is 0 Å². The topological polar surface area (TPSA) is 112 Å². The van der Waals surface area contributed by atoms with Gasteiger partial charge in [-0.2, -0.15) is 10.4 Å². The highest BCUT2D eigenvalue weighted by Gasteiger charge is 2.18. The van der Waals surface area contributed by atoms with Crippen molar-refractivity contribution in [2.75, 3.05) is 4.72 Å². The van der Waals surface area contributed by atoms with E-state index >= 15 is 0 Å². The summed E-state index contributed by atoms with van der Waals surface area (Å²) >= 11 is 0. The molecule has 2 N–H and O–H groups in total. The number of pyridine rings is 1. The number of halogens is 1. The Morgan fingerprint density at radius 3 is 2.83 bits per heavy atom. The zero-order valence-corrected chi connectivity index (χ0v) is 9.57. The Labute approximate surface area is 101 Å². The molecule has 2 aromatic heterocycles. The summed E-state index contributed by atoms with van der Waals surface area (Å²) < 4.78 is 38.7. The van der Waals surface area contributed by atoms with Gasteiger partial charge in [0.05, 0.1) is 12.4 Å². The smallest absolute Gasteiger partial charge is 0.263 e. The molecule has 0 unspecified atom stereocenters. The molecule has 7 nitrogen and oxygen atoms in total. The average Bonchev–Trinajstić information content (AvgIpc) is 2.75. The number of nitrogens with one attached hydrogen (secondary N) is 2. The number of anilines is 1. The molecule has 0 amide bonds. The fourth-order valence-corrected chi connectivity index (χ4v) is 2.19. The lowest BCUT2D eigenvalue weighted by molar-refractivity contribution is 0.592. The molecule has 0 bridgehead atoms. The Morgan fingerprint density at radius 2 is 2.17 bits per heavy atom. The number of rotatable bonds is 3. The fraction of sp³-hybridized carbons (Fsp3) is 0. The maximum Gasteiger partial charge on any atom is 0.264 e. The molecule has 0 aliphatic heterocycles. The number of H-pyrrole nitrogens is 1. The van der Waals surface area contributed by atoms with Gasteiger partial charge in [0.1, 0.15) is 22.3 Å². The van der Waals surface area contributed by atoms with Crippen LogP contribution in [0.3, 0.4) is 0 Å². The van der Waals surface area contributed by atoms with E-state index in [9.17, 15) is 12.8 Å². The van der Waals surface area contributed by atoms with Gasteiger partial charge in [-0.1, -0.05) is 0 Å². The summed E-state index contributed by atoms with van der Waals surface area (Å²) in [5.41, 5.74) is 0.0305. The molecule has 2 rings (SSSR count). The first-order valence-corrected chi connectivity index (χ1v) is 6.08. The van der Waals surface area contributed by atoms with Crippen LogP contribution in [0.25, 0.3) is 0 Å². The van der Waals surface area contributed by atoms with Crippen molar-refractivity contribution in [3.05, 3.63) is 36.0 Å². The zero-order chi connectivity index (χ0) is 13.2. The van der Waals surface area contributed by atoms with Gasteiger partial charge in [0.25, 0.3) is 10.0 Å². The first kappa shape index (κ1) is 12.0. The van der Waals surface area contributed by atoms with Gasteiger partial charge < -0.3 is 0 Å². The van der Waals surface area contributed by atoms with Gasteiger partial charge in [0.2, 0.25) is 0 Å². The highest BCUT2D eigenvalue weighted by Crippen LogP contribution is 2.16. The van der Waals surface area contributed by atoms with E-state index in [0.717, 1.165) is 18.5 Å². The predicted molar refractivity (Wildman–Crippen MR) is 58.3 cm³/mol. The molecular formula is C9H6FN5O2S. The third-order valence-corrected chi connectivity index (χ3v) is 3.30. The van der Waals surface area contributed by atoms with E-state index in [0.29, 0.717) is 0 Å². The lowest BCUT2D eigenvalue weighted by Gasteiger charge is -2.05. The Morgan fingerprint density at radius 1 is 1.39 bits per heavy atom. The average molecular weight is 267 g/mol. The van der Waals surface area contributed by atoms with E-state index in [1.165, 1.54) is 6.20 Å². The van der Waals surface area contributed by atoms with E-state index < -0.39 is 15.8 Å². The number of hydrogen-bond donors (Lipinski definition) is 2. The SMILES string of the molecule is N#Cc1cn[nH]c1NS(=O)(=O)c1cncc(F)c1. The molecule has 0 saturated heterocycles. The number of aromatic nitrogens is 3. The second-order valence-electron chi connectivity index (χ2n) is 3.21. The number of aromatic amines is 1. The molecule has 0 aliphatic rings. The molecule has 0 radical (unpaired) electrons. The highest BCUT2D eigenvalue weighted by molar-refractivity contribution is 7.92. The molecule has 0 saturated carbocycles. The number of sulfonamides is 1. The standard InChI is InChI=1S/C9H6FN5O2S/c10-7-1-8(5-12-4-7)18(16,17)15-9-6(2-11)3-13-14-9/h1,3-5H,(H2,13,14,15). The van der Waals surface area contributed by atoms with Crippen molar-refractivity contribution in [2.45, 2.75) is 4.90 Å². The Kier molecular flexibility index (Phi) is 2.95. The van der Waals surface area contributed by atoms with E-state index in [1.54, 1.807) is 6.07 Å². The molecule has 0 spiro atoms. The minimum atomic E-state index is -4.01. The quantitative estimate of drug-likeness (QED) is 0.846. The third kappa shape index (κ3) is 2.28. The Bertz CT molecular complexity index is 719. The van der Waals surface area contributed by atoms with Gasteiger partial charge in [0.15, 0.2) is 5.82 Å². The molecular weight excluding hydrogens is 261 g/mol. The molecule has 0 atom stereocenters. The first-order valence-electron chi connectivity index (χ1n) is 4.60. The number of hydrogen-bond acceptors (Lipinski definition) is 5. The minimum Gasteiger partial charge on any atom is -0.263 e. The van der Waals surface area contributed by atoms with Crippen LogP contribution in [0.4, 0.5) is 10.2 Å². The summed E-state index contributed by atoms with van der Waals surface area (Å²) in [5.74, 6) is -0.857. The second kappa shape index (κ2) is 4.42. The van der Waals surface area contributed by atoms with Crippen LogP contribution in [-0.2, 0) is 10.0 Å². The van der Waals surface area contributed by atoms with Crippen molar-refractivity contribution >= 4 is 15.8 Å². The van der Waals surface area contributed by atoms with E-state index in [4.69, 9.17) is 5.26 Å². The van der Waals surface area contributed by atoms with Crippen molar-refractivity contribution in [3.63, 3.8) is 0 Å². The van der Waals surface area contributed by atoms with Crippen LogP contribution in [0.2, 0.25) is 0 Å². The van der Waals surface area contributed by atoms with Gasteiger partial charge >= 0.3 is 0 Å². The number of nitrogens with zero attached hydrogens (tertiary/aromatic N) is 3. The van der Waals surface area contributed by atoms with Crippen LogP contribution < -0.4 is 4.72 Å². The van der Waals surface area contributed by atoms with Crippen LogP contribution >= 0.6 is 0 Å². The molecule has 9 heteroatoms. The lowest BCUT2D eigenvalue weighted by atomic mass is 10.4. The highest BCUT2D eigenvalue weighted by atomic mass is 32.2. The van der Waals surface area contributed by atoms with Crippen LogP contribution in [-0.4, -0.2) is 23.6 Å². The molecule has 2 aromatic rings. The molecule has 92 valence electrons. The first-order chi connectivity index (χ1) is 8.53. The van der Waals surface area contributed by atoms with Crippen LogP contribution in [0, 0.1) is 17.1 Å². The summed E-state index contributed by atoms with van der Waals surface area (Å²) in [6, 6.07) is 2.57. The van der Waals surface area contributed by atoms with Crippen LogP contribution in [0.15, 0.2) is 29.6 Å². The van der Waals surface area contributed by atoms with E-state index in [-0.39, 0.29) is 16.3 Å². The monoisotopic (exact) mass is 267 g/mol. The van der Waals surface area contributed by atoms with Crippen LogP contribution in [0.1, 0.15) is 5.56 Å². The van der Waals surface area contributed by atoms with Gasteiger partial charge in [-0.05, 0) is 6.07 Å². The van der Waals surface area contributed by atoms with Crippen molar-refractivity contribution in [3.8, 4) is 6.07 Å². The maximum atomic E-state index is 12.9. The summed E-state index contributed by atoms with van der Waals surface area (Å²) in [4.78, 5) is 3.09. The second-order valence-corrected chi connectivity index (χ2v) is 4.90. The maximum absolute atomic E-state index is 12.9. The Hall–Kier alpha value is -2.47. The fourth-order valence-electron chi connectivity index (χ4n) is 1.18. The summed E-state index contributed by atoms with van der Waals surface area (Å²) in [6.07, 6.45) is 3.05. The number of nitriles is 1. The molecule has 2 heterocycles. The summed E-state index contributed by atoms with van der Waals surface area (Å²) in [6.45, 7) is 0. The molecule has 0 aliphatic carbocycles. The van der Waals surface area contributed by atoms with E-state index in [2.05, 4.69) is 19.9 Å². The van der Waals surface area contributed by atoms with Crippen molar-refractivity contribution < 1.29 is 12.8 Å². The van der Waals surface area contributed by atoms with Gasteiger partial charge in [-0.3, -0.25) is 14.8 Å². The predicted octanol–water partition coefficient (Wildman–Crippen LogP) is 0.616. The molecule has 18 heavy (non-hydrogen) atoms. The van der Waals surface area contributed by atoms with Gasteiger partial charge in [0, 0.05) is 6.20 Å². The zero-order valence-electron chi connectivity index (χ0n) is 8.75. The van der Waals surface area contributed by atoms with Crippen molar-refractivity contribution in [1.82, 2.24) is 15.2 Å². The van der Waals surface area contributed by atoms with Crippen LogP contribution in [0.5, 0.6) is 0 Å². The summed E-state index contributed by atoms with van der Waals surface area (Å²) in [5, 5.41) is 14.5. The van der Waals surface area contributed by atoms with Crippen molar-refractivity contribution in [1.29, 1.82) is 5.26 Å². The van der Waals surface area contributed by atoms with Crippen molar-refractivity contribution in [2.24, 2.45) is 0 Å². The van der Waals surface area contributed by atoms with E-state index in [1.807, 2.05) is 0 Å².